The predicted octanol–water partition coefficient (Wildman–Crippen LogP) is 4.16. The van der Waals surface area contributed by atoms with Crippen molar-refractivity contribution in [1.82, 2.24) is 9.80 Å². The number of halogens is 1. The summed E-state index contributed by atoms with van der Waals surface area (Å²) < 4.78 is 5.39. The summed E-state index contributed by atoms with van der Waals surface area (Å²) in [6.45, 7) is 8.09. The van der Waals surface area contributed by atoms with E-state index in [2.05, 4.69) is 4.90 Å². The lowest BCUT2D eigenvalue weighted by Crippen LogP contribution is -2.43. The van der Waals surface area contributed by atoms with Crippen molar-refractivity contribution in [1.29, 1.82) is 0 Å². The van der Waals surface area contributed by atoms with Crippen LogP contribution in [0.1, 0.15) is 16.7 Å². The van der Waals surface area contributed by atoms with Gasteiger partial charge < -0.3 is 4.74 Å². The number of nitrogens with zero attached hydrogens (tertiary/aromatic N) is 2. The molecule has 0 radical (unpaired) electrons. The highest BCUT2D eigenvalue weighted by Gasteiger charge is 2.39. The number of imide groups is 1. The van der Waals surface area contributed by atoms with Gasteiger partial charge in [-0.15, -0.1) is 0 Å². The lowest BCUT2D eigenvalue weighted by molar-refractivity contribution is -0.136. The summed E-state index contributed by atoms with van der Waals surface area (Å²) in [6.07, 6.45) is 0. The Morgan fingerprint density at radius 3 is 2.32 bits per heavy atom. The molecule has 31 heavy (non-hydrogen) atoms. The first-order chi connectivity index (χ1) is 14.9. The zero-order valence-corrected chi connectivity index (χ0v) is 19.3. The van der Waals surface area contributed by atoms with E-state index < -0.39 is 0 Å². The van der Waals surface area contributed by atoms with Crippen LogP contribution < -0.4 is 0 Å². The summed E-state index contributed by atoms with van der Waals surface area (Å²) in [6, 6.07) is 13.2. The average Bonchev–Trinajstić information content (AvgIpc) is 3.00. The number of hydrogen-bond acceptors (Lipinski definition) is 5. The van der Waals surface area contributed by atoms with E-state index in [1.807, 2.05) is 44.2 Å². The van der Waals surface area contributed by atoms with Gasteiger partial charge in [0.05, 0.1) is 23.7 Å². The highest BCUT2D eigenvalue weighted by atomic mass is 35.5. The molecule has 0 bridgehead atoms. The quantitative estimate of drug-likeness (QED) is 0.611. The van der Waals surface area contributed by atoms with Crippen LogP contribution in [-0.4, -0.2) is 61.0 Å². The van der Waals surface area contributed by atoms with Gasteiger partial charge in [0.2, 0.25) is 0 Å². The lowest BCUT2D eigenvalue weighted by atomic mass is 10.0. The molecule has 2 aromatic carbocycles. The fourth-order valence-electron chi connectivity index (χ4n) is 3.69. The first-order valence-corrected chi connectivity index (χ1v) is 11.5. The number of aryl methyl sites for hydroxylation is 2. The molecule has 7 heteroatoms. The molecule has 0 spiro atoms. The topological polar surface area (TPSA) is 49.9 Å². The molecular formula is C24H25ClN2O3S. The summed E-state index contributed by atoms with van der Waals surface area (Å²) >= 11 is 7.34. The largest absolute Gasteiger partial charge is 0.379 e. The maximum absolute atomic E-state index is 13.4. The molecule has 2 aliphatic rings. The molecule has 1 saturated heterocycles. The van der Waals surface area contributed by atoms with Crippen molar-refractivity contribution in [2.75, 3.05) is 39.4 Å². The van der Waals surface area contributed by atoms with E-state index >= 15 is 0 Å². The van der Waals surface area contributed by atoms with Gasteiger partial charge in [0.1, 0.15) is 0 Å². The number of amides is 2. The fourth-order valence-corrected chi connectivity index (χ4v) is 4.83. The second-order valence-corrected chi connectivity index (χ2v) is 9.30. The zero-order valence-electron chi connectivity index (χ0n) is 17.7. The molecule has 5 nitrogen and oxygen atoms in total. The molecule has 162 valence electrons. The van der Waals surface area contributed by atoms with Gasteiger partial charge in [-0.3, -0.25) is 19.4 Å². The van der Waals surface area contributed by atoms with Crippen molar-refractivity contribution in [3.8, 4) is 0 Å². The van der Waals surface area contributed by atoms with Gasteiger partial charge in [-0.2, -0.15) is 0 Å². The van der Waals surface area contributed by atoms with E-state index in [9.17, 15) is 9.59 Å². The molecule has 2 amide bonds. The maximum atomic E-state index is 13.4. The van der Waals surface area contributed by atoms with Crippen molar-refractivity contribution in [3.05, 3.63) is 69.1 Å². The van der Waals surface area contributed by atoms with E-state index in [1.54, 1.807) is 12.1 Å². The van der Waals surface area contributed by atoms with Crippen LogP contribution in [0.4, 0.5) is 0 Å². The van der Waals surface area contributed by atoms with Gasteiger partial charge in [0.25, 0.3) is 11.8 Å². The number of carbonyl (C=O) groups excluding carboxylic acids is 2. The smallest absolute Gasteiger partial charge is 0.268 e. The van der Waals surface area contributed by atoms with Crippen molar-refractivity contribution < 1.29 is 14.3 Å². The fraction of sp³-hybridized carbons (Fsp3) is 0.333. The Labute approximate surface area is 192 Å². The second kappa shape index (κ2) is 9.57. The van der Waals surface area contributed by atoms with Crippen molar-refractivity contribution in [3.63, 3.8) is 0 Å². The third kappa shape index (κ3) is 4.88. The Kier molecular flexibility index (Phi) is 6.82. The average molecular weight is 457 g/mol. The Morgan fingerprint density at radius 1 is 0.935 bits per heavy atom. The Hall–Kier alpha value is -2.12. The van der Waals surface area contributed by atoms with E-state index in [1.165, 1.54) is 16.7 Å². The molecule has 4 rings (SSSR count). The zero-order chi connectivity index (χ0) is 22.0. The molecule has 1 fully saturated rings. The summed E-state index contributed by atoms with van der Waals surface area (Å²) in [4.78, 5) is 31.7. The molecule has 2 aliphatic heterocycles. The van der Waals surface area contributed by atoms with Gasteiger partial charge in [-0.1, -0.05) is 41.6 Å². The van der Waals surface area contributed by atoms with Crippen LogP contribution in [0.5, 0.6) is 0 Å². The van der Waals surface area contributed by atoms with E-state index in [0.717, 1.165) is 34.7 Å². The Morgan fingerprint density at radius 2 is 1.65 bits per heavy atom. The third-order valence-corrected chi connectivity index (χ3v) is 7.04. The monoisotopic (exact) mass is 456 g/mol. The lowest BCUT2D eigenvalue weighted by Gasteiger charge is -2.28. The number of benzene rings is 2. The minimum absolute atomic E-state index is 0.224. The number of ether oxygens (including phenoxy) is 1. The molecule has 0 atom stereocenters. The van der Waals surface area contributed by atoms with Gasteiger partial charge in [0.15, 0.2) is 0 Å². The van der Waals surface area contributed by atoms with Gasteiger partial charge in [-0.05, 0) is 54.8 Å². The van der Waals surface area contributed by atoms with Crippen molar-refractivity contribution >= 4 is 40.8 Å². The minimum Gasteiger partial charge on any atom is -0.379 e. The third-order valence-electron chi connectivity index (χ3n) is 5.70. The van der Waals surface area contributed by atoms with Crippen LogP contribution in [0.25, 0.3) is 5.57 Å². The van der Waals surface area contributed by atoms with Crippen LogP contribution in [0.2, 0.25) is 5.02 Å². The minimum atomic E-state index is -0.230. The summed E-state index contributed by atoms with van der Waals surface area (Å²) in [5, 5.41) is 0.633. The highest BCUT2D eigenvalue weighted by Crippen LogP contribution is 2.40. The summed E-state index contributed by atoms with van der Waals surface area (Å²) in [5.74, 6) is -0.454. The molecule has 2 heterocycles. The maximum Gasteiger partial charge on any atom is 0.268 e. The van der Waals surface area contributed by atoms with E-state index in [-0.39, 0.29) is 11.8 Å². The van der Waals surface area contributed by atoms with E-state index in [4.69, 9.17) is 16.3 Å². The molecule has 0 unspecified atom stereocenters. The SMILES string of the molecule is Cc1ccc(C2=C(Sc3ccc(Cl)cc3)C(=O)N(CCN3CCOCC3)C2=O)cc1C. The summed E-state index contributed by atoms with van der Waals surface area (Å²) in [7, 11) is 0. The Bertz CT molecular complexity index is 1030. The van der Waals surface area contributed by atoms with E-state index in [0.29, 0.717) is 41.8 Å². The van der Waals surface area contributed by atoms with Gasteiger partial charge in [0, 0.05) is 36.1 Å². The van der Waals surface area contributed by atoms with Crippen LogP contribution in [0.15, 0.2) is 52.3 Å². The molecule has 0 aromatic heterocycles. The number of morpholine rings is 1. The number of thioether (sulfide) groups is 1. The Balaban J connectivity index is 1.64. The highest BCUT2D eigenvalue weighted by molar-refractivity contribution is 8.04. The van der Waals surface area contributed by atoms with Gasteiger partial charge in [-0.25, -0.2) is 0 Å². The van der Waals surface area contributed by atoms with Crippen LogP contribution in [0, 0.1) is 13.8 Å². The summed E-state index contributed by atoms with van der Waals surface area (Å²) in [5.41, 5.74) is 3.51. The first-order valence-electron chi connectivity index (χ1n) is 10.4. The number of hydrogen-bond donors (Lipinski definition) is 0. The number of carbonyl (C=O) groups is 2. The van der Waals surface area contributed by atoms with Crippen LogP contribution in [0.3, 0.4) is 0 Å². The number of rotatable bonds is 6. The standard InChI is InChI=1S/C24H25ClN2O3S/c1-16-3-4-18(15-17(16)2)21-22(31-20-7-5-19(25)6-8-20)24(29)27(23(21)28)10-9-26-11-13-30-14-12-26/h3-8,15H,9-14H2,1-2H3. The van der Waals surface area contributed by atoms with Crippen LogP contribution >= 0.6 is 23.4 Å². The molecule has 0 N–H and O–H groups in total. The first kappa shape index (κ1) is 22.1. The molecule has 0 saturated carbocycles. The molecular weight excluding hydrogens is 432 g/mol. The normalized spacial score (nSPS) is 17.7. The second-order valence-electron chi connectivity index (χ2n) is 7.78. The molecule has 2 aromatic rings. The van der Waals surface area contributed by atoms with Crippen molar-refractivity contribution in [2.45, 2.75) is 18.7 Å². The van der Waals surface area contributed by atoms with Crippen molar-refractivity contribution in [2.24, 2.45) is 0 Å². The predicted molar refractivity (Wildman–Crippen MR) is 124 cm³/mol. The van der Waals surface area contributed by atoms with Crippen LogP contribution in [-0.2, 0) is 14.3 Å². The van der Waals surface area contributed by atoms with Gasteiger partial charge >= 0.3 is 0 Å². The molecule has 0 aliphatic carbocycles.